The molecule has 2 fully saturated rings. The number of pyridine rings is 2. The number of H-pyrrole nitrogens is 1. The third-order valence-corrected chi connectivity index (χ3v) is 6.00. The zero-order valence-electron chi connectivity index (χ0n) is 18.5. The number of morpholine rings is 1. The molecule has 2 aromatic rings. The first kappa shape index (κ1) is 22.2. The van der Waals surface area contributed by atoms with Crippen molar-refractivity contribution in [2.45, 2.75) is 25.8 Å². The molecule has 1 atom stereocenters. The number of carbonyl (C=O) groups excluding carboxylic acids is 1. The van der Waals surface area contributed by atoms with Gasteiger partial charge in [-0.3, -0.25) is 19.5 Å². The molecule has 170 valence electrons. The molecule has 1 amide bonds. The van der Waals surface area contributed by atoms with Gasteiger partial charge >= 0.3 is 0 Å². The van der Waals surface area contributed by atoms with Gasteiger partial charge in [0.1, 0.15) is 5.69 Å². The molecule has 2 aliphatic rings. The minimum absolute atomic E-state index is 0.0223. The summed E-state index contributed by atoms with van der Waals surface area (Å²) >= 11 is 0. The Hall–Kier alpha value is -2.97. The fourth-order valence-corrected chi connectivity index (χ4v) is 4.10. The van der Waals surface area contributed by atoms with Crippen molar-refractivity contribution in [3.63, 3.8) is 0 Å². The molecule has 0 radical (unpaired) electrons. The summed E-state index contributed by atoms with van der Waals surface area (Å²) < 4.78 is 5.35. The van der Waals surface area contributed by atoms with Gasteiger partial charge in [0.15, 0.2) is 0 Å². The fraction of sp³-hybridized carbons (Fsp3) is 0.458. The minimum Gasteiger partial charge on any atom is -0.379 e. The fourth-order valence-electron chi connectivity index (χ4n) is 4.10. The summed E-state index contributed by atoms with van der Waals surface area (Å²) in [7, 11) is 0. The highest BCUT2D eigenvalue weighted by Crippen LogP contribution is 2.22. The van der Waals surface area contributed by atoms with Crippen LogP contribution < -0.4 is 10.9 Å². The highest BCUT2D eigenvalue weighted by molar-refractivity contribution is 5.87. The van der Waals surface area contributed by atoms with Crippen LogP contribution in [0.4, 0.5) is 5.69 Å². The second kappa shape index (κ2) is 10.6. The zero-order chi connectivity index (χ0) is 22.3. The van der Waals surface area contributed by atoms with Crippen LogP contribution >= 0.6 is 0 Å². The number of nitrogens with one attached hydrogen (secondary N) is 2. The van der Waals surface area contributed by atoms with Crippen molar-refractivity contribution in [2.75, 3.05) is 51.3 Å². The van der Waals surface area contributed by atoms with Crippen molar-refractivity contribution >= 4 is 11.6 Å². The third-order valence-electron chi connectivity index (χ3n) is 6.00. The maximum atomic E-state index is 12.5. The molecule has 0 saturated carbocycles. The van der Waals surface area contributed by atoms with Crippen LogP contribution in [0.5, 0.6) is 0 Å². The van der Waals surface area contributed by atoms with Crippen LogP contribution in [-0.2, 0) is 16.0 Å². The highest BCUT2D eigenvalue weighted by atomic mass is 16.5. The molecule has 8 nitrogen and oxygen atoms in total. The lowest BCUT2D eigenvalue weighted by molar-refractivity contribution is -0.125. The molecule has 0 unspecified atom stereocenters. The number of hydrogen-bond donors (Lipinski definition) is 2. The molecule has 2 N–H and O–H groups in total. The first-order valence-electron chi connectivity index (χ1n) is 11.3. The summed E-state index contributed by atoms with van der Waals surface area (Å²) in [6.45, 7) is 7.41. The normalized spacial score (nSPS) is 19.5. The van der Waals surface area contributed by atoms with E-state index in [4.69, 9.17) is 4.74 Å². The van der Waals surface area contributed by atoms with Gasteiger partial charge in [-0.05, 0) is 36.6 Å². The van der Waals surface area contributed by atoms with Crippen molar-refractivity contribution in [2.24, 2.45) is 0 Å². The number of amides is 1. The summed E-state index contributed by atoms with van der Waals surface area (Å²) in [5.74, 6) is 0.0223. The number of ether oxygens (including phenoxy) is 1. The van der Waals surface area contributed by atoms with Gasteiger partial charge < -0.3 is 19.9 Å². The van der Waals surface area contributed by atoms with Gasteiger partial charge in [0.2, 0.25) is 5.91 Å². The van der Waals surface area contributed by atoms with E-state index in [-0.39, 0.29) is 17.5 Å². The topological polar surface area (TPSA) is 90.6 Å². The second-order valence-electron chi connectivity index (χ2n) is 8.25. The molecule has 4 heterocycles. The number of aryl methyl sites for hydroxylation is 1. The van der Waals surface area contributed by atoms with Crippen molar-refractivity contribution in [3.05, 3.63) is 58.8 Å². The van der Waals surface area contributed by atoms with E-state index in [1.807, 2.05) is 29.2 Å². The maximum absolute atomic E-state index is 12.5. The van der Waals surface area contributed by atoms with Gasteiger partial charge in [-0.1, -0.05) is 13.0 Å². The molecule has 2 aliphatic heterocycles. The second-order valence-corrected chi connectivity index (χ2v) is 8.25. The van der Waals surface area contributed by atoms with Crippen molar-refractivity contribution in [1.29, 1.82) is 0 Å². The minimum atomic E-state index is -0.159. The van der Waals surface area contributed by atoms with E-state index in [1.165, 1.54) is 0 Å². The average Bonchev–Trinajstić information content (AvgIpc) is 3.30. The molecule has 0 aromatic carbocycles. The SMILES string of the molecule is CCc1cc(-c2c[nH]c(=O)c(N[C@@H]3CCN(C(=O)/C=C/CN4CCOCC4)C3)c2)ccn1. The van der Waals surface area contributed by atoms with E-state index in [0.29, 0.717) is 18.8 Å². The number of rotatable bonds is 7. The van der Waals surface area contributed by atoms with E-state index in [0.717, 1.165) is 62.5 Å². The molecular weight excluding hydrogens is 406 g/mol. The molecule has 8 heteroatoms. The number of carbonyl (C=O) groups is 1. The Balaban J connectivity index is 1.34. The monoisotopic (exact) mass is 437 g/mol. The maximum Gasteiger partial charge on any atom is 0.271 e. The molecular formula is C24H31N5O3. The lowest BCUT2D eigenvalue weighted by Gasteiger charge is -2.25. The van der Waals surface area contributed by atoms with Crippen molar-refractivity contribution < 1.29 is 9.53 Å². The van der Waals surface area contributed by atoms with Crippen LogP contribution in [0.15, 0.2) is 47.5 Å². The predicted octanol–water partition coefficient (Wildman–Crippen LogP) is 1.90. The summed E-state index contributed by atoms with van der Waals surface area (Å²) in [6.07, 6.45) is 8.78. The largest absolute Gasteiger partial charge is 0.379 e. The van der Waals surface area contributed by atoms with Gasteiger partial charge in [0, 0.05) is 68.5 Å². The van der Waals surface area contributed by atoms with Gasteiger partial charge in [0.25, 0.3) is 5.56 Å². The van der Waals surface area contributed by atoms with Crippen LogP contribution in [0.3, 0.4) is 0 Å². The Labute approximate surface area is 188 Å². The van der Waals surface area contributed by atoms with Gasteiger partial charge in [-0.2, -0.15) is 0 Å². The van der Waals surface area contributed by atoms with E-state index in [2.05, 4.69) is 27.1 Å². The predicted molar refractivity (Wildman–Crippen MR) is 125 cm³/mol. The molecule has 2 saturated heterocycles. The molecule has 0 spiro atoms. The number of aromatic nitrogens is 2. The first-order valence-corrected chi connectivity index (χ1v) is 11.3. The van der Waals surface area contributed by atoms with Gasteiger partial charge in [0.05, 0.1) is 13.2 Å². The first-order chi connectivity index (χ1) is 15.6. The summed E-state index contributed by atoms with van der Waals surface area (Å²) in [5, 5.41) is 3.34. The quantitative estimate of drug-likeness (QED) is 0.643. The summed E-state index contributed by atoms with van der Waals surface area (Å²) in [5.41, 5.74) is 3.33. The molecule has 32 heavy (non-hydrogen) atoms. The molecule has 0 bridgehead atoms. The Morgan fingerprint density at radius 1 is 1.28 bits per heavy atom. The number of likely N-dealkylation sites (tertiary alicyclic amines) is 1. The van der Waals surface area contributed by atoms with Gasteiger partial charge in [-0.15, -0.1) is 0 Å². The lowest BCUT2D eigenvalue weighted by Crippen LogP contribution is -2.36. The summed E-state index contributed by atoms with van der Waals surface area (Å²) in [6, 6.07) is 5.90. The van der Waals surface area contributed by atoms with E-state index in [9.17, 15) is 9.59 Å². The van der Waals surface area contributed by atoms with Crippen molar-refractivity contribution in [1.82, 2.24) is 19.8 Å². The van der Waals surface area contributed by atoms with Gasteiger partial charge in [-0.25, -0.2) is 0 Å². The van der Waals surface area contributed by atoms with E-state index >= 15 is 0 Å². The van der Waals surface area contributed by atoms with E-state index in [1.54, 1.807) is 18.5 Å². The number of anilines is 1. The van der Waals surface area contributed by atoms with Crippen molar-refractivity contribution in [3.8, 4) is 11.1 Å². The van der Waals surface area contributed by atoms with Crippen LogP contribution in [0.1, 0.15) is 19.0 Å². The molecule has 0 aliphatic carbocycles. The van der Waals surface area contributed by atoms with E-state index < -0.39 is 0 Å². The Kier molecular flexibility index (Phi) is 7.34. The zero-order valence-corrected chi connectivity index (χ0v) is 18.5. The number of hydrogen-bond acceptors (Lipinski definition) is 6. The lowest BCUT2D eigenvalue weighted by atomic mass is 10.1. The summed E-state index contributed by atoms with van der Waals surface area (Å²) in [4.78, 5) is 36.2. The molecule has 2 aromatic heterocycles. The Morgan fingerprint density at radius 3 is 2.94 bits per heavy atom. The Bertz CT molecular complexity index is 1010. The number of nitrogens with zero attached hydrogens (tertiary/aromatic N) is 3. The highest BCUT2D eigenvalue weighted by Gasteiger charge is 2.25. The Morgan fingerprint density at radius 2 is 2.12 bits per heavy atom. The third kappa shape index (κ3) is 5.63. The standard InChI is InChI=1S/C24H31N5O3/c1-2-20-14-18(5-7-25-20)19-15-22(24(31)26-16-19)27-21-6-9-29(17-21)23(30)4-3-8-28-10-12-32-13-11-28/h3-5,7,14-16,21,27H,2,6,8-13,17H2,1H3,(H,26,31)/b4-3+/t21-/m1/s1. The smallest absolute Gasteiger partial charge is 0.271 e. The number of aromatic amines is 1. The average molecular weight is 438 g/mol. The van der Waals surface area contributed by atoms with Crippen LogP contribution in [0.2, 0.25) is 0 Å². The van der Waals surface area contributed by atoms with Crippen LogP contribution in [-0.4, -0.2) is 77.7 Å². The van der Waals surface area contributed by atoms with Crippen LogP contribution in [0.25, 0.3) is 11.1 Å². The van der Waals surface area contributed by atoms with Crippen LogP contribution in [0, 0.1) is 0 Å². The molecule has 4 rings (SSSR count).